The van der Waals surface area contributed by atoms with E-state index >= 15 is 0 Å². The number of hydrogen-bond acceptors (Lipinski definition) is 2. The molecule has 3 heterocycles. The molecule has 0 bridgehead atoms. The van der Waals surface area contributed by atoms with Crippen LogP contribution in [0.2, 0.25) is 0 Å². The van der Waals surface area contributed by atoms with Crippen molar-refractivity contribution < 1.29 is 0 Å². The van der Waals surface area contributed by atoms with Crippen molar-refractivity contribution in [1.82, 2.24) is 14.7 Å². The first-order valence-corrected chi connectivity index (χ1v) is 6.98. The predicted molar refractivity (Wildman–Crippen MR) is 72.4 cm³/mol. The first-order chi connectivity index (χ1) is 8.36. The number of imidazole rings is 1. The quantitative estimate of drug-likeness (QED) is 0.819. The molecule has 3 nitrogen and oxygen atoms in total. The SMILES string of the molecule is Brc1cccc2cnc(C3CCCCNC3)n12. The number of halogens is 1. The van der Waals surface area contributed by atoms with Crippen LogP contribution in [-0.2, 0) is 0 Å². The van der Waals surface area contributed by atoms with E-state index in [1.807, 2.05) is 6.20 Å². The zero-order valence-corrected chi connectivity index (χ0v) is 11.3. The van der Waals surface area contributed by atoms with Crippen molar-refractivity contribution in [1.29, 1.82) is 0 Å². The van der Waals surface area contributed by atoms with Crippen LogP contribution in [0.5, 0.6) is 0 Å². The monoisotopic (exact) mass is 293 g/mol. The van der Waals surface area contributed by atoms with Crippen LogP contribution >= 0.6 is 15.9 Å². The van der Waals surface area contributed by atoms with Crippen LogP contribution in [0.1, 0.15) is 31.0 Å². The van der Waals surface area contributed by atoms with Gasteiger partial charge in [0.15, 0.2) is 0 Å². The maximum Gasteiger partial charge on any atom is 0.118 e. The summed E-state index contributed by atoms with van der Waals surface area (Å²) < 4.78 is 3.31. The third kappa shape index (κ3) is 2.11. The van der Waals surface area contributed by atoms with Gasteiger partial charge in [-0.3, -0.25) is 4.40 Å². The first-order valence-electron chi connectivity index (χ1n) is 6.19. The Morgan fingerprint density at radius 1 is 1.35 bits per heavy atom. The second-order valence-electron chi connectivity index (χ2n) is 4.62. The Balaban J connectivity index is 2.04. The maximum atomic E-state index is 4.61. The Morgan fingerprint density at radius 2 is 2.29 bits per heavy atom. The van der Waals surface area contributed by atoms with E-state index in [0.717, 1.165) is 17.7 Å². The van der Waals surface area contributed by atoms with Crippen molar-refractivity contribution in [2.75, 3.05) is 13.1 Å². The number of hydrogen-bond donors (Lipinski definition) is 1. The van der Waals surface area contributed by atoms with Gasteiger partial charge in [-0.15, -0.1) is 0 Å². The van der Waals surface area contributed by atoms with Crippen molar-refractivity contribution in [2.45, 2.75) is 25.2 Å². The molecule has 1 unspecified atom stereocenters. The standard InChI is InChI=1S/C13H16BrN3/c14-12-6-3-5-11-9-16-13(17(11)12)10-4-1-2-7-15-8-10/h3,5-6,9-10,15H,1-2,4,7-8H2. The van der Waals surface area contributed by atoms with E-state index in [4.69, 9.17) is 0 Å². The Bertz CT molecular complexity index is 512. The molecule has 0 aromatic carbocycles. The average Bonchev–Trinajstić information content (AvgIpc) is 2.59. The molecule has 0 amide bonds. The van der Waals surface area contributed by atoms with Crippen molar-refractivity contribution in [3.63, 3.8) is 0 Å². The molecular weight excluding hydrogens is 278 g/mol. The fraction of sp³-hybridized carbons (Fsp3) is 0.462. The van der Waals surface area contributed by atoms with Crippen LogP contribution in [0.4, 0.5) is 0 Å². The van der Waals surface area contributed by atoms with Crippen molar-refractivity contribution >= 4 is 21.4 Å². The molecule has 4 heteroatoms. The molecular formula is C13H16BrN3. The fourth-order valence-electron chi connectivity index (χ4n) is 2.56. The second kappa shape index (κ2) is 4.78. The van der Waals surface area contributed by atoms with E-state index in [0.29, 0.717) is 5.92 Å². The molecule has 1 atom stereocenters. The number of rotatable bonds is 1. The van der Waals surface area contributed by atoms with Crippen molar-refractivity contribution in [3.05, 3.63) is 34.8 Å². The molecule has 1 aliphatic heterocycles. The lowest BCUT2D eigenvalue weighted by Gasteiger charge is -2.14. The van der Waals surface area contributed by atoms with Crippen LogP contribution in [0.3, 0.4) is 0 Å². The highest BCUT2D eigenvalue weighted by Gasteiger charge is 2.19. The summed E-state index contributed by atoms with van der Waals surface area (Å²) in [5.74, 6) is 1.71. The lowest BCUT2D eigenvalue weighted by atomic mass is 10.0. The molecule has 0 spiro atoms. The summed E-state index contributed by atoms with van der Waals surface area (Å²) in [6, 6.07) is 6.23. The van der Waals surface area contributed by atoms with Gasteiger partial charge in [-0.1, -0.05) is 12.5 Å². The molecule has 2 aromatic heterocycles. The van der Waals surface area contributed by atoms with Gasteiger partial charge >= 0.3 is 0 Å². The molecule has 1 fully saturated rings. The summed E-state index contributed by atoms with van der Waals surface area (Å²) in [6.45, 7) is 2.18. The van der Waals surface area contributed by atoms with E-state index < -0.39 is 0 Å². The number of nitrogens with zero attached hydrogens (tertiary/aromatic N) is 2. The van der Waals surface area contributed by atoms with Gasteiger partial charge in [-0.25, -0.2) is 4.98 Å². The molecule has 1 N–H and O–H groups in total. The molecule has 1 saturated heterocycles. The molecule has 90 valence electrons. The highest BCUT2D eigenvalue weighted by molar-refractivity contribution is 9.10. The normalized spacial score (nSPS) is 21.6. The Kier molecular flexibility index (Phi) is 3.16. The minimum Gasteiger partial charge on any atom is -0.316 e. The van der Waals surface area contributed by atoms with Crippen LogP contribution < -0.4 is 5.32 Å². The largest absolute Gasteiger partial charge is 0.316 e. The van der Waals surface area contributed by atoms with Gasteiger partial charge in [-0.05, 0) is 47.4 Å². The zero-order valence-electron chi connectivity index (χ0n) is 9.69. The van der Waals surface area contributed by atoms with Gasteiger partial charge in [0.05, 0.1) is 16.3 Å². The van der Waals surface area contributed by atoms with Crippen molar-refractivity contribution in [3.8, 4) is 0 Å². The highest BCUT2D eigenvalue weighted by Crippen LogP contribution is 2.26. The van der Waals surface area contributed by atoms with E-state index in [1.54, 1.807) is 0 Å². The molecule has 0 saturated carbocycles. The second-order valence-corrected chi connectivity index (χ2v) is 5.43. The smallest absolute Gasteiger partial charge is 0.118 e. The fourth-order valence-corrected chi connectivity index (χ4v) is 3.10. The van der Waals surface area contributed by atoms with Crippen LogP contribution in [0.15, 0.2) is 29.0 Å². The number of fused-ring (bicyclic) bond motifs is 1. The van der Waals surface area contributed by atoms with Gasteiger partial charge in [-0.2, -0.15) is 0 Å². The van der Waals surface area contributed by atoms with Gasteiger partial charge < -0.3 is 5.32 Å². The zero-order chi connectivity index (χ0) is 11.7. The lowest BCUT2D eigenvalue weighted by Crippen LogP contribution is -2.20. The van der Waals surface area contributed by atoms with Crippen LogP contribution in [0.25, 0.3) is 5.52 Å². The van der Waals surface area contributed by atoms with Crippen molar-refractivity contribution in [2.24, 2.45) is 0 Å². The molecule has 17 heavy (non-hydrogen) atoms. The Morgan fingerprint density at radius 3 is 3.24 bits per heavy atom. The minimum absolute atomic E-state index is 0.527. The molecule has 1 aliphatic rings. The third-order valence-corrected chi connectivity index (χ3v) is 4.06. The molecule has 3 rings (SSSR count). The van der Waals surface area contributed by atoms with Crippen LogP contribution in [-0.4, -0.2) is 22.5 Å². The molecule has 0 radical (unpaired) electrons. The maximum absolute atomic E-state index is 4.61. The van der Waals surface area contributed by atoms with Gasteiger partial charge in [0.1, 0.15) is 5.82 Å². The summed E-state index contributed by atoms with van der Waals surface area (Å²) >= 11 is 3.62. The average molecular weight is 294 g/mol. The summed E-state index contributed by atoms with van der Waals surface area (Å²) in [7, 11) is 0. The van der Waals surface area contributed by atoms with E-state index in [1.165, 1.54) is 30.6 Å². The Hall–Kier alpha value is -0.870. The third-order valence-electron chi connectivity index (χ3n) is 3.44. The lowest BCUT2D eigenvalue weighted by molar-refractivity contribution is 0.574. The predicted octanol–water partition coefficient (Wildman–Crippen LogP) is 2.95. The summed E-state index contributed by atoms with van der Waals surface area (Å²) in [5, 5.41) is 3.50. The van der Waals surface area contributed by atoms with Gasteiger partial charge in [0.25, 0.3) is 0 Å². The number of nitrogens with one attached hydrogen (secondary N) is 1. The van der Waals surface area contributed by atoms with Gasteiger partial charge in [0, 0.05) is 12.5 Å². The van der Waals surface area contributed by atoms with E-state index in [9.17, 15) is 0 Å². The summed E-state index contributed by atoms with van der Waals surface area (Å²) in [5.41, 5.74) is 1.17. The number of pyridine rings is 1. The highest BCUT2D eigenvalue weighted by atomic mass is 79.9. The van der Waals surface area contributed by atoms with E-state index in [-0.39, 0.29) is 0 Å². The topological polar surface area (TPSA) is 29.3 Å². The minimum atomic E-state index is 0.527. The summed E-state index contributed by atoms with van der Waals surface area (Å²) in [6.07, 6.45) is 5.76. The Labute approximate surface area is 109 Å². The molecule has 0 aliphatic carbocycles. The first kappa shape index (κ1) is 11.2. The van der Waals surface area contributed by atoms with Gasteiger partial charge in [0.2, 0.25) is 0 Å². The van der Waals surface area contributed by atoms with Crippen LogP contribution in [0, 0.1) is 0 Å². The van der Waals surface area contributed by atoms with E-state index in [2.05, 4.69) is 48.8 Å². The summed E-state index contributed by atoms with van der Waals surface area (Å²) in [4.78, 5) is 4.61. The number of aromatic nitrogens is 2. The molecule has 2 aromatic rings.